The molecule has 118 valence electrons. The molecule has 2 aromatic heterocycles. The van der Waals surface area contributed by atoms with E-state index < -0.39 is 11.6 Å². The Morgan fingerprint density at radius 2 is 2.04 bits per heavy atom. The number of aromatic nitrogens is 1. The molecule has 0 N–H and O–H groups in total. The van der Waals surface area contributed by atoms with Gasteiger partial charge in [0.15, 0.2) is 0 Å². The van der Waals surface area contributed by atoms with Crippen LogP contribution >= 0.6 is 0 Å². The predicted molar refractivity (Wildman–Crippen MR) is 82.8 cm³/mol. The molecule has 3 aromatic rings. The molecule has 6 heteroatoms. The molecule has 0 saturated heterocycles. The molecule has 0 bridgehead atoms. The summed E-state index contributed by atoms with van der Waals surface area (Å²) in [6.45, 7) is 5.35. The molecule has 2 heterocycles. The third-order valence-electron chi connectivity index (χ3n) is 3.61. The lowest BCUT2D eigenvalue weighted by Gasteiger charge is -2.06. The number of hydrogen-bond acceptors (Lipinski definition) is 6. The molecule has 1 aromatic carbocycles. The van der Waals surface area contributed by atoms with Crippen molar-refractivity contribution < 1.29 is 18.5 Å². The molecule has 3 rings (SSSR count). The molecule has 0 saturated carbocycles. The minimum Gasteiger partial charge on any atom is -0.423 e. The number of rotatable bonds is 3. The molecular weight excluding hydrogens is 298 g/mol. The van der Waals surface area contributed by atoms with Gasteiger partial charge in [0, 0.05) is 17.5 Å². The number of benzene rings is 1. The molecule has 0 aliphatic carbocycles. The average Bonchev–Trinajstić information content (AvgIpc) is 2.87. The van der Waals surface area contributed by atoms with Gasteiger partial charge in [-0.05, 0) is 38.0 Å². The van der Waals surface area contributed by atoms with Gasteiger partial charge in [-0.1, -0.05) is 12.1 Å². The van der Waals surface area contributed by atoms with Crippen molar-refractivity contribution in [2.24, 2.45) is 0 Å². The first kappa shape index (κ1) is 15.0. The smallest absolute Gasteiger partial charge is 0.349 e. The molecule has 23 heavy (non-hydrogen) atoms. The van der Waals surface area contributed by atoms with Crippen molar-refractivity contribution in [3.05, 3.63) is 57.3 Å². The van der Waals surface area contributed by atoms with Crippen LogP contribution < -0.4 is 10.4 Å². The first-order valence-electron chi connectivity index (χ1n) is 7.21. The quantitative estimate of drug-likeness (QED) is 0.419. The highest BCUT2D eigenvalue weighted by Gasteiger charge is 2.21. The van der Waals surface area contributed by atoms with Crippen LogP contribution in [0.2, 0.25) is 0 Å². The zero-order chi connectivity index (χ0) is 16.6. The first-order chi connectivity index (χ1) is 11.0. The zero-order valence-electron chi connectivity index (χ0n) is 13.0. The fraction of sp³-hybridized carbons (Fsp3) is 0.235. The predicted octanol–water partition coefficient (Wildman–Crippen LogP) is 3.18. The van der Waals surface area contributed by atoms with Crippen molar-refractivity contribution in [2.75, 3.05) is 0 Å². The van der Waals surface area contributed by atoms with Gasteiger partial charge in [-0.2, -0.15) is 0 Å². The summed E-state index contributed by atoms with van der Waals surface area (Å²) in [4.78, 5) is 23.8. The maximum atomic E-state index is 12.3. The third kappa shape index (κ3) is 2.75. The fourth-order valence-electron chi connectivity index (χ4n) is 2.45. The lowest BCUT2D eigenvalue weighted by atomic mass is 10.1. The van der Waals surface area contributed by atoms with E-state index in [0.29, 0.717) is 34.8 Å². The van der Waals surface area contributed by atoms with Crippen LogP contribution in [0.3, 0.4) is 0 Å². The van der Waals surface area contributed by atoms with E-state index in [1.54, 1.807) is 19.1 Å². The standard InChI is InChI=1S/C17H15NO5/c1-4-13-16(10(3)23-18-13)17(20)21-11-5-6-12-9(2)7-15(19)22-14(12)8-11/h5-8H,4H2,1-3H3. The third-order valence-corrected chi connectivity index (χ3v) is 3.61. The van der Waals surface area contributed by atoms with Crippen molar-refractivity contribution >= 4 is 16.9 Å². The van der Waals surface area contributed by atoms with Crippen LogP contribution in [0.5, 0.6) is 5.75 Å². The van der Waals surface area contributed by atoms with E-state index in [4.69, 9.17) is 13.7 Å². The molecule has 0 aliphatic rings. The Morgan fingerprint density at radius 1 is 1.26 bits per heavy atom. The summed E-state index contributed by atoms with van der Waals surface area (Å²) < 4.78 is 15.6. The van der Waals surface area contributed by atoms with Gasteiger partial charge in [0.1, 0.15) is 22.7 Å². The van der Waals surface area contributed by atoms with Crippen LogP contribution in [-0.2, 0) is 6.42 Å². The van der Waals surface area contributed by atoms with Gasteiger partial charge in [-0.25, -0.2) is 9.59 Å². The summed E-state index contributed by atoms with van der Waals surface area (Å²) in [6, 6.07) is 6.34. The second-order valence-corrected chi connectivity index (χ2v) is 5.21. The number of hydrogen-bond donors (Lipinski definition) is 0. The molecule has 0 spiro atoms. The van der Waals surface area contributed by atoms with Gasteiger partial charge in [0.2, 0.25) is 0 Å². The highest BCUT2D eigenvalue weighted by atomic mass is 16.5. The second-order valence-electron chi connectivity index (χ2n) is 5.21. The van der Waals surface area contributed by atoms with E-state index in [-0.39, 0.29) is 0 Å². The molecule has 0 fully saturated rings. The summed E-state index contributed by atoms with van der Waals surface area (Å²) in [5.41, 5.74) is 1.62. The second kappa shape index (κ2) is 5.72. The number of carbonyl (C=O) groups is 1. The van der Waals surface area contributed by atoms with Gasteiger partial charge in [-0.3, -0.25) is 0 Å². The highest BCUT2D eigenvalue weighted by molar-refractivity contribution is 5.93. The van der Waals surface area contributed by atoms with Gasteiger partial charge >= 0.3 is 11.6 Å². The Labute approximate surface area is 131 Å². The van der Waals surface area contributed by atoms with Crippen molar-refractivity contribution in [3.8, 4) is 5.75 Å². The topological polar surface area (TPSA) is 82.5 Å². The van der Waals surface area contributed by atoms with E-state index in [2.05, 4.69) is 5.16 Å². The number of nitrogens with zero attached hydrogens (tertiary/aromatic N) is 1. The van der Waals surface area contributed by atoms with Crippen molar-refractivity contribution in [1.29, 1.82) is 0 Å². The molecule has 0 unspecified atom stereocenters. The van der Waals surface area contributed by atoms with Crippen LogP contribution in [0.15, 0.2) is 38.0 Å². The number of fused-ring (bicyclic) bond motifs is 1. The maximum Gasteiger partial charge on any atom is 0.349 e. The summed E-state index contributed by atoms with van der Waals surface area (Å²) in [5.74, 6) is 0.156. The fourth-order valence-corrected chi connectivity index (χ4v) is 2.45. The molecule has 0 atom stereocenters. The van der Waals surface area contributed by atoms with Crippen LogP contribution in [0.4, 0.5) is 0 Å². The van der Waals surface area contributed by atoms with Crippen LogP contribution in [-0.4, -0.2) is 11.1 Å². The zero-order valence-corrected chi connectivity index (χ0v) is 13.0. The van der Waals surface area contributed by atoms with E-state index in [1.807, 2.05) is 13.8 Å². The van der Waals surface area contributed by atoms with Gasteiger partial charge in [-0.15, -0.1) is 0 Å². The van der Waals surface area contributed by atoms with E-state index in [1.165, 1.54) is 12.1 Å². The summed E-state index contributed by atoms with van der Waals surface area (Å²) in [6.07, 6.45) is 0.563. The number of esters is 1. The van der Waals surface area contributed by atoms with Gasteiger partial charge in [0.05, 0.1) is 5.69 Å². The van der Waals surface area contributed by atoms with Crippen molar-refractivity contribution in [1.82, 2.24) is 5.16 Å². The minimum absolute atomic E-state index is 0.291. The normalized spacial score (nSPS) is 10.9. The monoisotopic (exact) mass is 313 g/mol. The van der Waals surface area contributed by atoms with Gasteiger partial charge in [0.25, 0.3) is 0 Å². The summed E-state index contributed by atoms with van der Waals surface area (Å²) in [5, 5.41) is 4.63. The maximum absolute atomic E-state index is 12.3. The Kier molecular flexibility index (Phi) is 3.73. The lowest BCUT2D eigenvalue weighted by molar-refractivity contribution is 0.0732. The Balaban J connectivity index is 1.97. The van der Waals surface area contributed by atoms with Crippen LogP contribution in [0.1, 0.15) is 34.3 Å². The molecule has 6 nitrogen and oxygen atoms in total. The largest absolute Gasteiger partial charge is 0.423 e. The molecular formula is C17H15NO5. The first-order valence-corrected chi connectivity index (χ1v) is 7.21. The lowest BCUT2D eigenvalue weighted by Crippen LogP contribution is -2.11. The number of ether oxygens (including phenoxy) is 1. The number of carbonyl (C=O) groups excluding carboxylic acids is 1. The van der Waals surface area contributed by atoms with E-state index >= 15 is 0 Å². The summed E-state index contributed by atoms with van der Waals surface area (Å²) in [7, 11) is 0. The summed E-state index contributed by atoms with van der Waals surface area (Å²) >= 11 is 0. The van der Waals surface area contributed by atoms with E-state index in [0.717, 1.165) is 10.9 Å². The average molecular weight is 313 g/mol. The number of aryl methyl sites for hydroxylation is 3. The van der Waals surface area contributed by atoms with Crippen molar-refractivity contribution in [2.45, 2.75) is 27.2 Å². The molecule has 0 radical (unpaired) electrons. The molecule has 0 aliphatic heterocycles. The van der Waals surface area contributed by atoms with E-state index in [9.17, 15) is 9.59 Å². The van der Waals surface area contributed by atoms with Crippen LogP contribution in [0, 0.1) is 13.8 Å². The van der Waals surface area contributed by atoms with Gasteiger partial charge < -0.3 is 13.7 Å². The van der Waals surface area contributed by atoms with Crippen LogP contribution in [0.25, 0.3) is 11.0 Å². The Hall–Kier alpha value is -2.89. The SMILES string of the molecule is CCc1noc(C)c1C(=O)Oc1ccc2c(C)cc(=O)oc2c1. The Morgan fingerprint density at radius 3 is 2.78 bits per heavy atom. The van der Waals surface area contributed by atoms with Crippen molar-refractivity contribution in [3.63, 3.8) is 0 Å². The Bertz CT molecular complexity index is 951. The minimum atomic E-state index is -0.546. The highest BCUT2D eigenvalue weighted by Crippen LogP contribution is 2.24. The molecule has 0 amide bonds.